The first-order valence-electron chi connectivity index (χ1n) is 13.2. The van der Waals surface area contributed by atoms with Gasteiger partial charge in [0, 0.05) is 35.8 Å². The molecule has 10 heteroatoms. The van der Waals surface area contributed by atoms with Crippen LogP contribution in [0.4, 0.5) is 5.95 Å². The van der Waals surface area contributed by atoms with E-state index in [0.29, 0.717) is 46.6 Å². The number of benzene rings is 1. The summed E-state index contributed by atoms with van der Waals surface area (Å²) in [5, 5.41) is 7.09. The Balaban J connectivity index is 1.53. The Morgan fingerprint density at radius 2 is 1.87 bits per heavy atom. The number of aryl methyl sites for hydroxylation is 1. The molecular weight excluding hydrogens is 498 g/mol. The van der Waals surface area contributed by atoms with Gasteiger partial charge in [-0.15, -0.1) is 0 Å². The van der Waals surface area contributed by atoms with Gasteiger partial charge < -0.3 is 24.8 Å². The van der Waals surface area contributed by atoms with Crippen LogP contribution in [-0.4, -0.2) is 59.5 Å². The van der Waals surface area contributed by atoms with Gasteiger partial charge in [-0.2, -0.15) is 4.98 Å². The van der Waals surface area contributed by atoms with Crippen molar-refractivity contribution in [1.29, 1.82) is 0 Å². The second kappa shape index (κ2) is 10.7. The SMILES string of the molecule is C=CC(=O)N[C@H]1COC(C2CCC2)[C@H]1Nc1ncc2cc(-c3c(C)c(OC)cc(OC)c3C)c(=O)n(C)c2n1. The Kier molecular flexibility index (Phi) is 7.31. The van der Waals surface area contributed by atoms with E-state index in [1.54, 1.807) is 27.5 Å². The van der Waals surface area contributed by atoms with Crippen molar-refractivity contribution >= 4 is 22.9 Å². The number of nitrogens with zero attached hydrogens (tertiary/aromatic N) is 3. The minimum absolute atomic E-state index is 0.0617. The summed E-state index contributed by atoms with van der Waals surface area (Å²) >= 11 is 0. The molecule has 1 aromatic carbocycles. The molecule has 2 aliphatic rings. The number of methoxy groups -OCH3 is 2. The maximum absolute atomic E-state index is 13.7. The Labute approximate surface area is 227 Å². The third-order valence-corrected chi connectivity index (χ3v) is 8.09. The van der Waals surface area contributed by atoms with Gasteiger partial charge in [-0.25, -0.2) is 4.98 Å². The van der Waals surface area contributed by atoms with Crippen LogP contribution in [0.5, 0.6) is 11.5 Å². The van der Waals surface area contributed by atoms with Crippen LogP contribution in [0.3, 0.4) is 0 Å². The molecule has 3 heterocycles. The third kappa shape index (κ3) is 4.73. The number of nitrogens with one attached hydrogen (secondary N) is 2. The second-order valence-corrected chi connectivity index (χ2v) is 10.3. The summed E-state index contributed by atoms with van der Waals surface area (Å²) < 4.78 is 18.8. The Bertz CT molecular complexity index is 1470. The molecular formula is C29H35N5O5. The quantitative estimate of drug-likeness (QED) is 0.424. The summed E-state index contributed by atoms with van der Waals surface area (Å²) in [5.74, 6) is 1.83. The number of amides is 1. The summed E-state index contributed by atoms with van der Waals surface area (Å²) in [6.45, 7) is 7.82. The van der Waals surface area contributed by atoms with E-state index in [2.05, 4.69) is 22.2 Å². The highest BCUT2D eigenvalue weighted by atomic mass is 16.5. The molecule has 0 radical (unpaired) electrons. The normalized spacial score (nSPS) is 20.9. The highest BCUT2D eigenvalue weighted by Crippen LogP contribution is 2.39. The number of pyridine rings is 1. The molecule has 2 fully saturated rings. The predicted octanol–water partition coefficient (Wildman–Crippen LogP) is 3.28. The van der Waals surface area contributed by atoms with Crippen LogP contribution in [0.25, 0.3) is 22.2 Å². The van der Waals surface area contributed by atoms with Gasteiger partial charge in [0.15, 0.2) is 0 Å². The lowest BCUT2D eigenvalue weighted by Gasteiger charge is -2.35. The lowest BCUT2D eigenvalue weighted by Crippen LogP contribution is -2.50. The Hall–Kier alpha value is -3.92. The van der Waals surface area contributed by atoms with Crippen LogP contribution in [0, 0.1) is 19.8 Å². The first-order chi connectivity index (χ1) is 18.8. The number of ether oxygens (including phenoxy) is 3. The number of fused-ring (bicyclic) bond motifs is 1. The molecule has 2 N–H and O–H groups in total. The van der Waals surface area contributed by atoms with Crippen molar-refractivity contribution in [2.75, 3.05) is 26.1 Å². The average molecular weight is 534 g/mol. The molecule has 1 amide bonds. The van der Waals surface area contributed by atoms with Gasteiger partial charge in [0.05, 0.1) is 39.0 Å². The number of hydrogen-bond acceptors (Lipinski definition) is 8. The van der Waals surface area contributed by atoms with E-state index in [1.807, 2.05) is 26.0 Å². The fraction of sp³-hybridized carbons (Fsp3) is 0.448. The molecule has 1 saturated carbocycles. The highest BCUT2D eigenvalue weighted by Gasteiger charge is 2.44. The maximum atomic E-state index is 13.7. The third-order valence-electron chi connectivity index (χ3n) is 8.09. The Morgan fingerprint density at radius 1 is 1.18 bits per heavy atom. The monoisotopic (exact) mass is 533 g/mol. The summed E-state index contributed by atoms with van der Waals surface area (Å²) in [6, 6.07) is 3.19. The van der Waals surface area contributed by atoms with Gasteiger partial charge in [-0.05, 0) is 55.9 Å². The zero-order valence-electron chi connectivity index (χ0n) is 23.0. The molecule has 0 bridgehead atoms. The fourth-order valence-corrected chi connectivity index (χ4v) is 5.74. The number of rotatable bonds is 8. The summed E-state index contributed by atoms with van der Waals surface area (Å²) in [5.41, 5.74) is 3.29. The van der Waals surface area contributed by atoms with E-state index < -0.39 is 0 Å². The van der Waals surface area contributed by atoms with Crippen LogP contribution >= 0.6 is 0 Å². The molecule has 1 aliphatic heterocycles. The lowest BCUT2D eigenvalue weighted by atomic mass is 9.78. The zero-order valence-corrected chi connectivity index (χ0v) is 23.0. The van der Waals surface area contributed by atoms with Crippen LogP contribution in [0.1, 0.15) is 30.4 Å². The molecule has 1 unspecified atom stereocenters. The average Bonchev–Trinajstić information content (AvgIpc) is 3.27. The van der Waals surface area contributed by atoms with E-state index in [0.717, 1.165) is 29.5 Å². The van der Waals surface area contributed by atoms with E-state index in [9.17, 15) is 9.59 Å². The first kappa shape index (κ1) is 26.7. The largest absolute Gasteiger partial charge is 0.496 e. The van der Waals surface area contributed by atoms with Crippen molar-refractivity contribution in [3.63, 3.8) is 0 Å². The molecule has 206 valence electrons. The van der Waals surface area contributed by atoms with Gasteiger partial charge in [-0.3, -0.25) is 14.2 Å². The number of aromatic nitrogens is 3. The van der Waals surface area contributed by atoms with E-state index in [1.165, 1.54) is 17.1 Å². The maximum Gasteiger partial charge on any atom is 0.259 e. The zero-order chi connectivity index (χ0) is 27.8. The van der Waals surface area contributed by atoms with Crippen molar-refractivity contribution in [3.05, 3.63) is 52.5 Å². The van der Waals surface area contributed by atoms with Crippen LogP contribution < -0.4 is 25.7 Å². The predicted molar refractivity (Wildman–Crippen MR) is 149 cm³/mol. The summed E-state index contributed by atoms with van der Waals surface area (Å²) in [6.07, 6.45) is 6.27. The summed E-state index contributed by atoms with van der Waals surface area (Å²) in [7, 11) is 4.90. The van der Waals surface area contributed by atoms with Crippen LogP contribution in [0.2, 0.25) is 0 Å². The van der Waals surface area contributed by atoms with Gasteiger partial charge in [0.2, 0.25) is 11.9 Å². The Morgan fingerprint density at radius 3 is 2.46 bits per heavy atom. The van der Waals surface area contributed by atoms with Crippen molar-refractivity contribution in [2.24, 2.45) is 13.0 Å². The number of carbonyl (C=O) groups is 1. The lowest BCUT2D eigenvalue weighted by molar-refractivity contribution is -0.117. The fourth-order valence-electron chi connectivity index (χ4n) is 5.74. The van der Waals surface area contributed by atoms with Gasteiger partial charge in [0.25, 0.3) is 5.56 Å². The van der Waals surface area contributed by atoms with Gasteiger partial charge >= 0.3 is 0 Å². The molecule has 3 aromatic rings. The van der Waals surface area contributed by atoms with Crippen molar-refractivity contribution < 1.29 is 19.0 Å². The first-order valence-corrected chi connectivity index (χ1v) is 13.2. The molecule has 10 nitrogen and oxygen atoms in total. The van der Waals surface area contributed by atoms with Crippen molar-refractivity contribution in [1.82, 2.24) is 19.9 Å². The van der Waals surface area contributed by atoms with Crippen molar-refractivity contribution in [2.45, 2.75) is 51.3 Å². The van der Waals surface area contributed by atoms with E-state index in [4.69, 9.17) is 19.2 Å². The molecule has 39 heavy (non-hydrogen) atoms. The van der Waals surface area contributed by atoms with Crippen LogP contribution in [-0.2, 0) is 16.6 Å². The minimum Gasteiger partial charge on any atom is -0.496 e. The van der Waals surface area contributed by atoms with Crippen molar-refractivity contribution in [3.8, 4) is 22.6 Å². The van der Waals surface area contributed by atoms with Gasteiger partial charge in [0.1, 0.15) is 17.1 Å². The standard InChI is InChI=1S/C29H35N5O5/c1-7-23(35)31-20-14-39-26(17-9-8-10-17)25(20)32-29-30-13-18-11-19(28(36)34(4)27(18)33-29)24-15(2)21(37-5)12-22(38-6)16(24)3/h7,11-13,17,20,25-26H,1,8-10,14H2,2-6H3,(H,31,35)(H,30,32,33)/t20-,25-,26?/m0/s1. The molecule has 1 aliphatic carbocycles. The minimum atomic E-state index is -0.251. The summed E-state index contributed by atoms with van der Waals surface area (Å²) in [4.78, 5) is 35.0. The highest BCUT2D eigenvalue weighted by molar-refractivity contribution is 5.87. The molecule has 2 aromatic heterocycles. The van der Waals surface area contributed by atoms with Crippen LogP contribution in [0.15, 0.2) is 35.8 Å². The second-order valence-electron chi connectivity index (χ2n) is 10.3. The topological polar surface area (TPSA) is 117 Å². The molecule has 0 spiro atoms. The number of anilines is 1. The van der Waals surface area contributed by atoms with E-state index >= 15 is 0 Å². The number of carbonyl (C=O) groups excluding carboxylic acids is 1. The smallest absolute Gasteiger partial charge is 0.259 e. The van der Waals surface area contributed by atoms with E-state index in [-0.39, 0.29) is 29.7 Å². The molecule has 1 saturated heterocycles. The number of hydrogen-bond donors (Lipinski definition) is 2. The molecule has 3 atom stereocenters. The molecule has 5 rings (SSSR count). The van der Waals surface area contributed by atoms with Gasteiger partial charge in [-0.1, -0.05) is 13.0 Å².